The van der Waals surface area contributed by atoms with Gasteiger partial charge >= 0.3 is 0 Å². The van der Waals surface area contributed by atoms with Gasteiger partial charge in [-0.15, -0.1) is 0 Å². The van der Waals surface area contributed by atoms with E-state index in [2.05, 4.69) is 5.32 Å². The molecule has 3 N–H and O–H groups in total. The number of hydrogen-bond acceptors (Lipinski definition) is 3. The summed E-state index contributed by atoms with van der Waals surface area (Å²) >= 11 is 0. The number of nitrogens with one attached hydrogen (secondary N) is 1. The van der Waals surface area contributed by atoms with Crippen molar-refractivity contribution in [3.05, 3.63) is 107 Å². The number of carbonyl (C=O) groups excluding carboxylic acids is 3. The molecule has 0 heterocycles. The summed E-state index contributed by atoms with van der Waals surface area (Å²) in [5.74, 6) is -1.64. The number of nitrogens with two attached hydrogens (primary N) is 1. The first-order valence-corrected chi connectivity index (χ1v) is 9.44. The molecule has 6 heteroatoms. The van der Waals surface area contributed by atoms with Crippen molar-refractivity contribution in [1.29, 1.82) is 0 Å². The van der Waals surface area contributed by atoms with Crippen LogP contribution in [-0.4, -0.2) is 23.6 Å². The maximum absolute atomic E-state index is 13.3. The SMILES string of the molecule is NC(=O)[C@@H](Cc1ccc(C(=O)c2ccccc2)cc1)NC(=O)Cc1cccc(F)c1. The minimum absolute atomic E-state index is 0.0634. The normalized spacial score (nSPS) is 11.5. The third-order valence-electron chi connectivity index (χ3n) is 4.62. The molecule has 2 amide bonds. The molecule has 3 aromatic carbocycles. The maximum atomic E-state index is 13.3. The molecule has 0 saturated carbocycles. The summed E-state index contributed by atoms with van der Waals surface area (Å²) in [7, 11) is 0. The average Bonchev–Trinajstić information content (AvgIpc) is 2.74. The Morgan fingerprint density at radius 1 is 0.833 bits per heavy atom. The lowest BCUT2D eigenvalue weighted by Gasteiger charge is -2.16. The van der Waals surface area contributed by atoms with E-state index in [4.69, 9.17) is 5.73 Å². The van der Waals surface area contributed by atoms with Gasteiger partial charge in [0.1, 0.15) is 11.9 Å². The highest BCUT2D eigenvalue weighted by molar-refractivity contribution is 6.08. The van der Waals surface area contributed by atoms with Gasteiger partial charge in [-0.2, -0.15) is 0 Å². The number of amides is 2. The van der Waals surface area contributed by atoms with Crippen molar-refractivity contribution in [3.63, 3.8) is 0 Å². The fraction of sp³-hybridized carbons (Fsp3) is 0.125. The summed E-state index contributed by atoms with van der Waals surface area (Å²) in [6.45, 7) is 0. The van der Waals surface area contributed by atoms with Crippen molar-refractivity contribution in [3.8, 4) is 0 Å². The second-order valence-electron chi connectivity index (χ2n) is 6.93. The quantitative estimate of drug-likeness (QED) is 0.566. The van der Waals surface area contributed by atoms with Crippen LogP contribution in [0.1, 0.15) is 27.0 Å². The Kier molecular flexibility index (Phi) is 6.70. The van der Waals surface area contributed by atoms with Gasteiger partial charge in [0.05, 0.1) is 6.42 Å². The van der Waals surface area contributed by atoms with Gasteiger partial charge in [0.2, 0.25) is 11.8 Å². The van der Waals surface area contributed by atoms with Crippen LogP contribution >= 0.6 is 0 Å². The fourth-order valence-corrected chi connectivity index (χ4v) is 3.08. The van der Waals surface area contributed by atoms with Crippen molar-refractivity contribution in [2.24, 2.45) is 5.73 Å². The molecule has 0 bridgehead atoms. The number of hydrogen-bond donors (Lipinski definition) is 2. The first kappa shape index (κ1) is 20.9. The van der Waals surface area contributed by atoms with E-state index < -0.39 is 23.7 Å². The van der Waals surface area contributed by atoms with Crippen LogP contribution in [0, 0.1) is 5.82 Å². The van der Waals surface area contributed by atoms with Crippen LogP contribution in [0.3, 0.4) is 0 Å². The topological polar surface area (TPSA) is 89.3 Å². The van der Waals surface area contributed by atoms with Crippen molar-refractivity contribution >= 4 is 17.6 Å². The van der Waals surface area contributed by atoms with Gasteiger partial charge in [-0.3, -0.25) is 14.4 Å². The van der Waals surface area contributed by atoms with Crippen LogP contribution in [0.15, 0.2) is 78.9 Å². The standard InChI is InChI=1S/C24H21FN2O3/c25-20-8-4-5-17(13-20)15-22(28)27-21(24(26)30)14-16-9-11-19(12-10-16)23(29)18-6-2-1-3-7-18/h1-13,21H,14-15H2,(H2,26,30)(H,27,28)/t21-/m1/s1. The predicted molar refractivity (Wildman–Crippen MR) is 111 cm³/mol. The zero-order valence-corrected chi connectivity index (χ0v) is 16.2. The van der Waals surface area contributed by atoms with E-state index in [-0.39, 0.29) is 18.6 Å². The molecule has 0 aromatic heterocycles. The Hall–Kier alpha value is -3.80. The zero-order valence-electron chi connectivity index (χ0n) is 16.2. The molecule has 5 nitrogen and oxygen atoms in total. The Morgan fingerprint density at radius 3 is 2.13 bits per heavy atom. The summed E-state index contributed by atoms with van der Waals surface area (Å²) in [5.41, 5.74) is 7.79. The van der Waals surface area contributed by atoms with Gasteiger partial charge in [0.15, 0.2) is 5.78 Å². The predicted octanol–water partition coefficient (Wildman–Crippen LogP) is 2.81. The molecular weight excluding hydrogens is 383 g/mol. The molecule has 0 radical (unpaired) electrons. The Balaban J connectivity index is 1.64. The van der Waals surface area contributed by atoms with E-state index in [0.29, 0.717) is 16.7 Å². The van der Waals surface area contributed by atoms with Crippen LogP contribution < -0.4 is 11.1 Å². The Bertz CT molecular complexity index is 1050. The largest absolute Gasteiger partial charge is 0.368 e. The van der Waals surface area contributed by atoms with Gasteiger partial charge in [-0.25, -0.2) is 4.39 Å². The molecule has 0 spiro atoms. The third kappa shape index (κ3) is 5.61. The molecular formula is C24H21FN2O3. The lowest BCUT2D eigenvalue weighted by Crippen LogP contribution is -2.46. The van der Waals surface area contributed by atoms with Crippen LogP contribution in [0.2, 0.25) is 0 Å². The lowest BCUT2D eigenvalue weighted by molar-refractivity contribution is -0.127. The zero-order chi connectivity index (χ0) is 21.5. The summed E-state index contributed by atoms with van der Waals surface area (Å²) in [6, 6.07) is 20.5. The molecule has 1 atom stereocenters. The molecule has 0 fully saturated rings. The van der Waals surface area contributed by atoms with Gasteiger partial charge in [-0.05, 0) is 23.3 Å². The molecule has 3 rings (SSSR count). The highest BCUT2D eigenvalue weighted by Gasteiger charge is 2.19. The summed E-state index contributed by atoms with van der Waals surface area (Å²) in [5, 5.41) is 2.59. The minimum atomic E-state index is -0.915. The lowest BCUT2D eigenvalue weighted by atomic mass is 9.99. The molecule has 152 valence electrons. The summed E-state index contributed by atoms with van der Waals surface area (Å²) in [4.78, 5) is 36.5. The van der Waals surface area contributed by atoms with Gasteiger partial charge in [0, 0.05) is 17.5 Å². The number of rotatable bonds is 8. The monoisotopic (exact) mass is 404 g/mol. The van der Waals surface area contributed by atoms with E-state index >= 15 is 0 Å². The van der Waals surface area contributed by atoms with E-state index in [1.807, 2.05) is 6.07 Å². The third-order valence-corrected chi connectivity index (χ3v) is 4.62. The molecule has 0 aliphatic carbocycles. The smallest absolute Gasteiger partial charge is 0.240 e. The second kappa shape index (κ2) is 9.60. The number of benzene rings is 3. The highest BCUT2D eigenvalue weighted by Crippen LogP contribution is 2.13. The second-order valence-corrected chi connectivity index (χ2v) is 6.93. The van der Waals surface area contributed by atoms with Crippen molar-refractivity contribution < 1.29 is 18.8 Å². The Morgan fingerprint density at radius 2 is 1.50 bits per heavy atom. The highest BCUT2D eigenvalue weighted by atomic mass is 19.1. The molecule has 3 aromatic rings. The van der Waals surface area contributed by atoms with Crippen LogP contribution in [-0.2, 0) is 22.4 Å². The van der Waals surface area contributed by atoms with Gasteiger partial charge < -0.3 is 11.1 Å². The minimum Gasteiger partial charge on any atom is -0.368 e. The molecule has 0 unspecified atom stereocenters. The van der Waals surface area contributed by atoms with Crippen molar-refractivity contribution in [1.82, 2.24) is 5.32 Å². The molecule has 0 saturated heterocycles. The summed E-state index contributed by atoms with van der Waals surface area (Å²) < 4.78 is 13.3. The van der Waals surface area contributed by atoms with E-state index in [1.54, 1.807) is 54.6 Å². The first-order chi connectivity index (χ1) is 14.4. The molecule has 0 aliphatic rings. The van der Waals surface area contributed by atoms with Crippen molar-refractivity contribution in [2.45, 2.75) is 18.9 Å². The van der Waals surface area contributed by atoms with Crippen molar-refractivity contribution in [2.75, 3.05) is 0 Å². The number of primary amides is 1. The van der Waals surface area contributed by atoms with E-state index in [9.17, 15) is 18.8 Å². The average molecular weight is 404 g/mol. The fourth-order valence-electron chi connectivity index (χ4n) is 3.08. The number of carbonyl (C=O) groups is 3. The van der Waals surface area contributed by atoms with Gasteiger partial charge in [-0.1, -0.05) is 66.7 Å². The Labute approximate surface area is 173 Å². The number of halogens is 1. The number of ketones is 1. The molecule has 30 heavy (non-hydrogen) atoms. The van der Waals surface area contributed by atoms with Crippen LogP contribution in [0.4, 0.5) is 4.39 Å². The van der Waals surface area contributed by atoms with Crippen LogP contribution in [0.5, 0.6) is 0 Å². The van der Waals surface area contributed by atoms with E-state index in [1.165, 1.54) is 18.2 Å². The van der Waals surface area contributed by atoms with Crippen LogP contribution in [0.25, 0.3) is 0 Å². The summed E-state index contributed by atoms with van der Waals surface area (Å²) in [6.07, 6.45) is 0.121. The maximum Gasteiger partial charge on any atom is 0.240 e. The molecule has 0 aliphatic heterocycles. The first-order valence-electron chi connectivity index (χ1n) is 9.44. The van der Waals surface area contributed by atoms with Gasteiger partial charge in [0.25, 0.3) is 0 Å². The van der Waals surface area contributed by atoms with E-state index in [0.717, 1.165) is 5.56 Å².